The van der Waals surface area contributed by atoms with Crippen LogP contribution >= 0.6 is 0 Å². The Kier molecular flexibility index (Phi) is 3.74. The Balaban J connectivity index is 1.63. The fourth-order valence-corrected chi connectivity index (χ4v) is 5.44. The fraction of sp³-hybridized carbons (Fsp3) is 0.667. The number of carbonyl (C=O) groups is 1. The van der Waals surface area contributed by atoms with Crippen LogP contribution in [-0.2, 0) is 16.6 Å². The van der Waals surface area contributed by atoms with Crippen molar-refractivity contribution in [3.05, 3.63) is 35.4 Å². The van der Waals surface area contributed by atoms with Gasteiger partial charge in [0, 0.05) is 19.0 Å². The summed E-state index contributed by atoms with van der Waals surface area (Å²) in [5, 5.41) is 0. The summed E-state index contributed by atoms with van der Waals surface area (Å²) in [6.07, 6.45) is 6.97. The van der Waals surface area contributed by atoms with E-state index in [0.717, 1.165) is 38.8 Å². The van der Waals surface area contributed by atoms with Gasteiger partial charge < -0.3 is 4.90 Å². The third-order valence-corrected chi connectivity index (χ3v) is 7.20. The first-order valence-corrected chi connectivity index (χ1v) is 9.47. The Morgan fingerprint density at radius 1 is 1.22 bits per heavy atom. The molecule has 2 aliphatic carbocycles. The number of hydrogen-bond acceptors (Lipinski definition) is 1. The van der Waals surface area contributed by atoms with Crippen LogP contribution in [-0.4, -0.2) is 23.9 Å². The van der Waals surface area contributed by atoms with Gasteiger partial charge in [-0.1, -0.05) is 51.0 Å². The van der Waals surface area contributed by atoms with E-state index in [4.69, 9.17) is 0 Å². The van der Waals surface area contributed by atoms with E-state index in [1.165, 1.54) is 18.4 Å². The first kappa shape index (κ1) is 15.2. The molecule has 1 heterocycles. The Morgan fingerprint density at radius 3 is 2.74 bits per heavy atom. The average molecular weight is 311 g/mol. The molecule has 0 radical (unpaired) electrons. The fourth-order valence-electron chi connectivity index (χ4n) is 5.44. The molecule has 1 saturated carbocycles. The standard InChI is InChI=1S/C21H29NO/c1-15-18-13-17-9-5-6-10-19(17)21(15,2)11-12-22(14-18)20(23)16-7-3-4-8-16/h5-6,9-10,15-16,18H,3-4,7-8,11-14H2,1-2H3/t15-,18-,21+/m1/s1. The lowest BCUT2D eigenvalue weighted by molar-refractivity contribution is -0.135. The van der Waals surface area contributed by atoms with Gasteiger partial charge in [-0.25, -0.2) is 0 Å². The molecular weight excluding hydrogens is 282 g/mol. The van der Waals surface area contributed by atoms with Crippen molar-refractivity contribution in [1.82, 2.24) is 4.90 Å². The van der Waals surface area contributed by atoms with Gasteiger partial charge in [0.05, 0.1) is 0 Å². The number of hydrogen-bond donors (Lipinski definition) is 0. The van der Waals surface area contributed by atoms with E-state index < -0.39 is 0 Å². The molecule has 4 rings (SSSR count). The van der Waals surface area contributed by atoms with E-state index in [0.29, 0.717) is 23.7 Å². The van der Waals surface area contributed by atoms with Gasteiger partial charge in [-0.3, -0.25) is 4.79 Å². The highest BCUT2D eigenvalue weighted by atomic mass is 16.2. The number of nitrogens with zero attached hydrogens (tertiary/aromatic N) is 1. The predicted molar refractivity (Wildman–Crippen MR) is 93.3 cm³/mol. The number of amides is 1. The SMILES string of the molecule is C[C@@H]1[C@@H]2Cc3ccccc3[C@@]1(C)CCN(C(=O)C1CCCC1)C2. The molecule has 1 amide bonds. The van der Waals surface area contributed by atoms with E-state index >= 15 is 0 Å². The topological polar surface area (TPSA) is 20.3 Å². The highest BCUT2D eigenvalue weighted by Crippen LogP contribution is 2.48. The molecule has 1 aliphatic heterocycles. The largest absolute Gasteiger partial charge is 0.342 e. The maximum atomic E-state index is 13.0. The van der Waals surface area contributed by atoms with Crippen LogP contribution in [0.15, 0.2) is 24.3 Å². The van der Waals surface area contributed by atoms with Crippen LogP contribution in [0, 0.1) is 17.8 Å². The minimum Gasteiger partial charge on any atom is -0.342 e. The van der Waals surface area contributed by atoms with Crippen molar-refractivity contribution in [1.29, 1.82) is 0 Å². The van der Waals surface area contributed by atoms with E-state index in [9.17, 15) is 4.79 Å². The summed E-state index contributed by atoms with van der Waals surface area (Å²) in [7, 11) is 0. The first-order valence-electron chi connectivity index (χ1n) is 9.47. The molecule has 0 N–H and O–H groups in total. The molecule has 1 saturated heterocycles. The Labute approximate surface area is 140 Å². The normalized spacial score (nSPS) is 34.1. The van der Waals surface area contributed by atoms with Crippen LogP contribution in [0.1, 0.15) is 57.1 Å². The quantitative estimate of drug-likeness (QED) is 0.762. The lowest BCUT2D eigenvalue weighted by Crippen LogP contribution is -2.42. The maximum absolute atomic E-state index is 13.0. The number of fused-ring (bicyclic) bond motifs is 4. The molecule has 1 aromatic rings. The van der Waals surface area contributed by atoms with Crippen LogP contribution in [0.25, 0.3) is 0 Å². The van der Waals surface area contributed by atoms with Gasteiger partial charge in [-0.2, -0.15) is 0 Å². The monoisotopic (exact) mass is 311 g/mol. The molecule has 0 unspecified atom stereocenters. The van der Waals surface area contributed by atoms with Crippen LogP contribution in [0.3, 0.4) is 0 Å². The second-order valence-corrected chi connectivity index (χ2v) is 8.34. The molecule has 3 aliphatic rings. The zero-order valence-electron chi connectivity index (χ0n) is 14.6. The Morgan fingerprint density at radius 2 is 1.96 bits per heavy atom. The maximum Gasteiger partial charge on any atom is 0.225 e. The highest BCUT2D eigenvalue weighted by Gasteiger charge is 2.46. The number of benzene rings is 1. The third kappa shape index (κ3) is 2.42. The molecule has 0 spiro atoms. The van der Waals surface area contributed by atoms with Gasteiger partial charge in [-0.15, -0.1) is 0 Å². The summed E-state index contributed by atoms with van der Waals surface area (Å²) >= 11 is 0. The Hall–Kier alpha value is -1.31. The summed E-state index contributed by atoms with van der Waals surface area (Å²) < 4.78 is 0. The lowest BCUT2D eigenvalue weighted by Gasteiger charge is -2.44. The van der Waals surface area contributed by atoms with E-state index in [-0.39, 0.29) is 5.41 Å². The molecule has 3 atom stereocenters. The molecule has 23 heavy (non-hydrogen) atoms. The van der Waals surface area contributed by atoms with Gasteiger partial charge >= 0.3 is 0 Å². The second kappa shape index (κ2) is 5.65. The summed E-state index contributed by atoms with van der Waals surface area (Å²) in [5.74, 6) is 2.04. The molecular formula is C21H29NO. The van der Waals surface area contributed by atoms with Gasteiger partial charge in [0.1, 0.15) is 0 Å². The summed E-state index contributed by atoms with van der Waals surface area (Å²) in [6, 6.07) is 8.99. The van der Waals surface area contributed by atoms with Gasteiger partial charge in [0.15, 0.2) is 0 Å². The van der Waals surface area contributed by atoms with Crippen molar-refractivity contribution < 1.29 is 4.79 Å². The zero-order valence-corrected chi connectivity index (χ0v) is 14.6. The number of carbonyl (C=O) groups excluding carboxylic acids is 1. The minimum atomic E-state index is 0.226. The molecule has 124 valence electrons. The highest BCUT2D eigenvalue weighted by molar-refractivity contribution is 5.79. The van der Waals surface area contributed by atoms with Crippen molar-refractivity contribution in [3.8, 4) is 0 Å². The predicted octanol–water partition coefficient (Wildman–Crippen LogP) is 4.18. The summed E-state index contributed by atoms with van der Waals surface area (Å²) in [4.78, 5) is 15.2. The van der Waals surface area contributed by atoms with Crippen molar-refractivity contribution in [3.63, 3.8) is 0 Å². The summed E-state index contributed by atoms with van der Waals surface area (Å²) in [5.41, 5.74) is 3.29. The van der Waals surface area contributed by atoms with Crippen LogP contribution in [0.2, 0.25) is 0 Å². The molecule has 2 heteroatoms. The van der Waals surface area contributed by atoms with Crippen molar-refractivity contribution >= 4 is 5.91 Å². The first-order chi connectivity index (χ1) is 11.1. The van der Waals surface area contributed by atoms with Crippen molar-refractivity contribution in [2.75, 3.05) is 13.1 Å². The smallest absolute Gasteiger partial charge is 0.225 e. The molecule has 1 aromatic carbocycles. The zero-order chi connectivity index (χ0) is 16.0. The number of likely N-dealkylation sites (tertiary alicyclic amines) is 1. The lowest BCUT2D eigenvalue weighted by atomic mass is 9.60. The number of rotatable bonds is 1. The van der Waals surface area contributed by atoms with Crippen LogP contribution < -0.4 is 0 Å². The van der Waals surface area contributed by atoms with Gasteiger partial charge in [-0.05, 0) is 54.1 Å². The molecule has 2 fully saturated rings. The molecule has 0 aromatic heterocycles. The van der Waals surface area contributed by atoms with Crippen LogP contribution in [0.5, 0.6) is 0 Å². The van der Waals surface area contributed by atoms with E-state index in [1.807, 2.05) is 0 Å². The van der Waals surface area contributed by atoms with E-state index in [1.54, 1.807) is 5.56 Å². The van der Waals surface area contributed by atoms with Crippen molar-refractivity contribution in [2.24, 2.45) is 17.8 Å². The van der Waals surface area contributed by atoms with Crippen molar-refractivity contribution in [2.45, 2.75) is 57.8 Å². The third-order valence-electron chi connectivity index (χ3n) is 7.20. The molecule has 2 bridgehead atoms. The van der Waals surface area contributed by atoms with Crippen LogP contribution in [0.4, 0.5) is 0 Å². The molecule has 2 nitrogen and oxygen atoms in total. The average Bonchev–Trinajstić information content (AvgIpc) is 3.07. The van der Waals surface area contributed by atoms with E-state index in [2.05, 4.69) is 43.0 Å². The summed E-state index contributed by atoms with van der Waals surface area (Å²) in [6.45, 7) is 6.78. The minimum absolute atomic E-state index is 0.226. The second-order valence-electron chi connectivity index (χ2n) is 8.34. The Bertz CT molecular complexity index is 604. The van der Waals surface area contributed by atoms with Gasteiger partial charge in [0.25, 0.3) is 0 Å². The van der Waals surface area contributed by atoms with Gasteiger partial charge in [0.2, 0.25) is 5.91 Å².